The zero-order valence-electron chi connectivity index (χ0n) is 30.5. The summed E-state index contributed by atoms with van der Waals surface area (Å²) in [6, 6.07) is 31.1. The van der Waals surface area contributed by atoms with E-state index in [0.29, 0.717) is 25.7 Å². The van der Waals surface area contributed by atoms with Crippen molar-refractivity contribution in [3.63, 3.8) is 0 Å². The second-order valence-corrected chi connectivity index (χ2v) is 19.8. The maximum Gasteiger partial charge on any atom is 0.248 e. The molecule has 0 radical (unpaired) electrons. The first kappa shape index (κ1) is 37.4. The minimum atomic E-state index is -2.17. The molecule has 2 heterocycles. The number of hydrogen-bond acceptors (Lipinski definition) is 7. The van der Waals surface area contributed by atoms with Crippen LogP contribution in [0.3, 0.4) is 0 Å². The molecule has 9 heteroatoms. The molecular formula is C40H55NO7Si. The van der Waals surface area contributed by atoms with Gasteiger partial charge in [-0.25, -0.2) is 5.06 Å². The van der Waals surface area contributed by atoms with E-state index in [9.17, 15) is 4.79 Å². The molecule has 266 valence electrons. The molecule has 0 bridgehead atoms. The molecule has 5 atom stereocenters. The summed E-state index contributed by atoms with van der Waals surface area (Å²) < 4.78 is 34.2. The summed E-state index contributed by atoms with van der Waals surface area (Å²) in [5, 5.41) is 1.26. The highest BCUT2D eigenvalue weighted by atomic mass is 28.4. The Bertz CT molecular complexity index is 1390. The van der Waals surface area contributed by atoms with Crippen LogP contribution in [0.4, 0.5) is 0 Å². The van der Waals surface area contributed by atoms with Crippen LogP contribution in [0.5, 0.6) is 0 Å². The number of rotatable bonds is 12. The van der Waals surface area contributed by atoms with Crippen LogP contribution in [0.25, 0.3) is 0 Å². The van der Waals surface area contributed by atoms with Gasteiger partial charge in [0.05, 0.1) is 44.6 Å². The molecule has 2 saturated heterocycles. The van der Waals surface area contributed by atoms with Crippen LogP contribution in [0.1, 0.15) is 69.6 Å². The monoisotopic (exact) mass is 689 g/mol. The summed E-state index contributed by atoms with van der Waals surface area (Å²) in [6.45, 7) is 11.6. The van der Waals surface area contributed by atoms with Crippen molar-refractivity contribution in [1.29, 1.82) is 0 Å². The summed E-state index contributed by atoms with van der Waals surface area (Å²) in [5.41, 5.74) is 2.19. The highest BCUT2D eigenvalue weighted by Gasteiger charge is 2.52. The van der Waals surface area contributed by atoms with Crippen molar-refractivity contribution in [2.75, 3.05) is 27.9 Å². The number of nitrogens with zero attached hydrogens (tertiary/aromatic N) is 1. The van der Waals surface area contributed by atoms with Gasteiger partial charge in [0.15, 0.2) is 14.1 Å². The van der Waals surface area contributed by atoms with Crippen molar-refractivity contribution >= 4 is 14.2 Å². The fourth-order valence-corrected chi connectivity index (χ4v) is 8.32. The Hall–Kier alpha value is -2.89. The summed E-state index contributed by atoms with van der Waals surface area (Å²) in [5.74, 6) is -1.17. The Kier molecular flexibility index (Phi) is 11.9. The molecule has 3 aromatic rings. The van der Waals surface area contributed by atoms with E-state index in [4.69, 9.17) is 28.2 Å². The number of benzene rings is 3. The number of ether oxygens (including phenoxy) is 4. The molecule has 5 rings (SSSR count). The molecule has 49 heavy (non-hydrogen) atoms. The second-order valence-electron chi connectivity index (χ2n) is 15.0. The smallest absolute Gasteiger partial charge is 0.248 e. The molecule has 2 aliphatic rings. The second kappa shape index (κ2) is 15.6. The van der Waals surface area contributed by atoms with E-state index in [0.717, 1.165) is 16.7 Å². The van der Waals surface area contributed by atoms with Crippen LogP contribution in [0.15, 0.2) is 91.0 Å². The molecule has 2 aliphatic heterocycles. The van der Waals surface area contributed by atoms with E-state index in [1.807, 2.05) is 18.2 Å². The number of methoxy groups -OCH3 is 1. The summed E-state index contributed by atoms with van der Waals surface area (Å²) >= 11 is 0. The number of amides is 1. The van der Waals surface area contributed by atoms with Gasteiger partial charge in [0.2, 0.25) is 5.91 Å². The Balaban J connectivity index is 1.52. The minimum Gasteiger partial charge on any atom is -0.414 e. The lowest BCUT2D eigenvalue weighted by atomic mass is 9.80. The van der Waals surface area contributed by atoms with E-state index in [-0.39, 0.29) is 42.3 Å². The molecule has 0 aliphatic carbocycles. The zero-order chi connectivity index (χ0) is 35.3. The predicted molar refractivity (Wildman–Crippen MR) is 193 cm³/mol. The third kappa shape index (κ3) is 8.53. The van der Waals surface area contributed by atoms with Gasteiger partial charge in [-0.15, -0.1) is 0 Å². The van der Waals surface area contributed by atoms with Gasteiger partial charge in [-0.3, -0.25) is 9.63 Å². The molecule has 3 aromatic carbocycles. The van der Waals surface area contributed by atoms with Crippen molar-refractivity contribution < 1.29 is 33.0 Å². The van der Waals surface area contributed by atoms with Crippen LogP contribution >= 0.6 is 0 Å². The van der Waals surface area contributed by atoms with E-state index in [1.54, 1.807) is 14.2 Å². The fraction of sp³-hybridized carbons (Fsp3) is 0.525. The zero-order valence-corrected chi connectivity index (χ0v) is 31.5. The Morgan fingerprint density at radius 3 is 1.73 bits per heavy atom. The van der Waals surface area contributed by atoms with Gasteiger partial charge < -0.3 is 23.4 Å². The van der Waals surface area contributed by atoms with Gasteiger partial charge >= 0.3 is 0 Å². The standard InChI is InChI=1S/C40H55NO7Si/c1-38(2,3)49(7,8)48-35-25-36(47-39(28-35)27-34(43-5)24-33(46-39)26-37(42)41(4)44-6)29-45-40(30-18-12-9-13-19-30,31-20-14-10-15-21-31)32-22-16-11-17-23-32/h9-23,33-36H,24-29H2,1-8H3/t33-,34-,35-,36+,39+/m0/s1. The molecule has 0 unspecified atom stereocenters. The molecule has 0 aromatic heterocycles. The van der Waals surface area contributed by atoms with E-state index in [1.165, 1.54) is 12.2 Å². The number of hydroxylamine groups is 2. The van der Waals surface area contributed by atoms with Gasteiger partial charge in [-0.1, -0.05) is 112 Å². The first-order chi connectivity index (χ1) is 23.3. The molecule has 1 spiro atoms. The van der Waals surface area contributed by atoms with Crippen LogP contribution in [-0.2, 0) is 38.6 Å². The van der Waals surface area contributed by atoms with E-state index < -0.39 is 25.8 Å². The Morgan fingerprint density at radius 1 is 0.796 bits per heavy atom. The third-order valence-electron chi connectivity index (χ3n) is 10.5. The molecule has 1 amide bonds. The predicted octanol–water partition coefficient (Wildman–Crippen LogP) is 7.86. The molecule has 8 nitrogen and oxygen atoms in total. The van der Waals surface area contributed by atoms with Crippen LogP contribution in [-0.4, -0.2) is 77.4 Å². The highest BCUT2D eigenvalue weighted by molar-refractivity contribution is 6.74. The molecule has 0 saturated carbocycles. The maximum atomic E-state index is 13.0. The molecule has 2 fully saturated rings. The van der Waals surface area contributed by atoms with Gasteiger partial charge in [0.25, 0.3) is 0 Å². The van der Waals surface area contributed by atoms with Gasteiger partial charge in [-0.05, 0) is 34.8 Å². The van der Waals surface area contributed by atoms with Crippen LogP contribution in [0, 0.1) is 0 Å². The lowest BCUT2D eigenvalue weighted by molar-refractivity contribution is -0.344. The van der Waals surface area contributed by atoms with Crippen molar-refractivity contribution in [1.82, 2.24) is 5.06 Å². The lowest BCUT2D eigenvalue weighted by Gasteiger charge is -2.52. The number of carbonyl (C=O) groups is 1. The first-order valence-electron chi connectivity index (χ1n) is 17.5. The summed E-state index contributed by atoms with van der Waals surface area (Å²) in [6.07, 6.45) is 1.43. The summed E-state index contributed by atoms with van der Waals surface area (Å²) in [7, 11) is 2.64. The highest BCUT2D eigenvalue weighted by Crippen LogP contribution is 2.46. The largest absolute Gasteiger partial charge is 0.414 e. The lowest BCUT2D eigenvalue weighted by Crippen LogP contribution is -2.58. The van der Waals surface area contributed by atoms with E-state index in [2.05, 4.69) is 107 Å². The fourth-order valence-electron chi connectivity index (χ4n) is 6.96. The SMILES string of the molecule is CO[C@H]1C[C@@H](CC(=O)N(C)OC)O[C@@]2(C1)C[C@@H](O[Si](C)(C)C(C)(C)C)C[C@H](COC(c1ccccc1)(c1ccccc1)c1ccccc1)O2. The van der Waals surface area contributed by atoms with Gasteiger partial charge in [-0.2, -0.15) is 0 Å². The van der Waals surface area contributed by atoms with Crippen molar-refractivity contribution in [2.45, 2.75) is 107 Å². The van der Waals surface area contributed by atoms with Crippen LogP contribution < -0.4 is 0 Å². The van der Waals surface area contributed by atoms with Gasteiger partial charge in [0.1, 0.15) is 5.60 Å². The quantitative estimate of drug-likeness (QED) is 0.109. The topological polar surface area (TPSA) is 75.7 Å². The molecule has 0 N–H and O–H groups in total. The molecular weight excluding hydrogens is 635 g/mol. The third-order valence-corrected chi connectivity index (χ3v) is 15.1. The number of hydrogen-bond donors (Lipinski definition) is 0. The average molecular weight is 690 g/mol. The number of carbonyl (C=O) groups excluding carboxylic acids is 1. The van der Waals surface area contributed by atoms with E-state index >= 15 is 0 Å². The summed E-state index contributed by atoms with van der Waals surface area (Å²) in [4.78, 5) is 18.1. The van der Waals surface area contributed by atoms with Crippen molar-refractivity contribution in [2.24, 2.45) is 0 Å². The van der Waals surface area contributed by atoms with Gasteiger partial charge in [0, 0.05) is 39.8 Å². The van der Waals surface area contributed by atoms with Crippen molar-refractivity contribution in [3.05, 3.63) is 108 Å². The minimum absolute atomic E-state index is 0.0235. The normalized spacial score (nSPS) is 24.9. The van der Waals surface area contributed by atoms with Crippen molar-refractivity contribution in [3.8, 4) is 0 Å². The Morgan fingerprint density at radius 2 is 1.27 bits per heavy atom. The van der Waals surface area contributed by atoms with Crippen LogP contribution in [0.2, 0.25) is 18.1 Å². The Labute approximate surface area is 294 Å². The first-order valence-corrected chi connectivity index (χ1v) is 20.4. The average Bonchev–Trinajstić information content (AvgIpc) is 3.08. The maximum absolute atomic E-state index is 13.0.